The molecular formula is C15H22N6. The number of H-pyrrole nitrogens is 1. The monoisotopic (exact) mass is 286 g/mol. The van der Waals surface area contributed by atoms with Crippen LogP contribution >= 0.6 is 0 Å². The van der Waals surface area contributed by atoms with Gasteiger partial charge in [-0.15, -0.1) is 0 Å². The Hall–Kier alpha value is -1.85. The molecule has 112 valence electrons. The summed E-state index contributed by atoms with van der Waals surface area (Å²) in [5.41, 5.74) is 0.822. The first kappa shape index (κ1) is 12.9. The van der Waals surface area contributed by atoms with Crippen molar-refractivity contribution in [1.29, 1.82) is 0 Å². The minimum absolute atomic E-state index is 0.644. The Kier molecular flexibility index (Phi) is 3.16. The molecule has 3 heterocycles. The number of hydrogen-bond donors (Lipinski definition) is 2. The molecule has 1 saturated heterocycles. The molecule has 0 radical (unpaired) electrons. The van der Waals surface area contributed by atoms with Crippen molar-refractivity contribution in [1.82, 2.24) is 20.2 Å². The van der Waals surface area contributed by atoms with E-state index in [4.69, 9.17) is 4.98 Å². The fourth-order valence-electron chi connectivity index (χ4n) is 4.04. The molecule has 2 aromatic heterocycles. The molecule has 0 spiro atoms. The molecule has 2 N–H and O–H groups in total. The third-order valence-corrected chi connectivity index (χ3v) is 5.03. The van der Waals surface area contributed by atoms with E-state index in [1.807, 2.05) is 13.2 Å². The molecule has 6 heteroatoms. The lowest BCUT2D eigenvalue weighted by atomic mass is 9.78. The second-order valence-corrected chi connectivity index (χ2v) is 6.20. The van der Waals surface area contributed by atoms with Gasteiger partial charge in [0.2, 0.25) is 5.95 Å². The first-order chi connectivity index (χ1) is 10.4. The summed E-state index contributed by atoms with van der Waals surface area (Å²) >= 11 is 0. The number of hydrogen-bond acceptors (Lipinski definition) is 5. The Labute approximate surface area is 124 Å². The first-order valence-corrected chi connectivity index (χ1v) is 8.02. The van der Waals surface area contributed by atoms with Crippen LogP contribution in [0.2, 0.25) is 0 Å². The molecule has 0 amide bonds. The molecule has 1 saturated carbocycles. The topological polar surface area (TPSA) is 69.7 Å². The zero-order chi connectivity index (χ0) is 14.2. The van der Waals surface area contributed by atoms with Crippen LogP contribution in [-0.4, -0.2) is 39.8 Å². The Balaban J connectivity index is 1.78. The van der Waals surface area contributed by atoms with E-state index in [1.165, 1.54) is 38.5 Å². The molecule has 4 rings (SSSR count). The highest BCUT2D eigenvalue weighted by Crippen LogP contribution is 2.39. The second-order valence-electron chi connectivity index (χ2n) is 6.20. The van der Waals surface area contributed by atoms with E-state index in [1.54, 1.807) is 0 Å². The molecule has 2 aromatic rings. The quantitative estimate of drug-likeness (QED) is 0.888. The summed E-state index contributed by atoms with van der Waals surface area (Å²) in [5, 5.41) is 11.2. The lowest BCUT2D eigenvalue weighted by Gasteiger charge is -2.45. The van der Waals surface area contributed by atoms with Crippen molar-refractivity contribution < 1.29 is 0 Å². The average Bonchev–Trinajstić information content (AvgIpc) is 3.02. The van der Waals surface area contributed by atoms with Gasteiger partial charge in [0.1, 0.15) is 5.82 Å². The van der Waals surface area contributed by atoms with Crippen molar-refractivity contribution in [3.05, 3.63) is 6.20 Å². The van der Waals surface area contributed by atoms with Crippen LogP contribution in [0.3, 0.4) is 0 Å². The third-order valence-electron chi connectivity index (χ3n) is 5.03. The molecule has 0 aromatic carbocycles. The fourth-order valence-corrected chi connectivity index (χ4v) is 4.04. The smallest absolute Gasteiger partial charge is 0.226 e. The van der Waals surface area contributed by atoms with Crippen LogP contribution in [0, 0.1) is 5.92 Å². The highest BCUT2D eigenvalue weighted by molar-refractivity contribution is 5.87. The zero-order valence-electron chi connectivity index (χ0n) is 12.5. The number of nitrogens with zero attached hydrogens (tertiary/aromatic N) is 4. The zero-order valence-corrected chi connectivity index (χ0v) is 12.5. The summed E-state index contributed by atoms with van der Waals surface area (Å²) in [6.07, 6.45) is 9.90. The molecule has 0 bridgehead atoms. The normalized spacial score (nSPS) is 25.9. The van der Waals surface area contributed by atoms with Crippen molar-refractivity contribution >= 4 is 22.8 Å². The van der Waals surface area contributed by atoms with Crippen LogP contribution < -0.4 is 10.2 Å². The Bertz CT molecular complexity index is 634. The van der Waals surface area contributed by atoms with Gasteiger partial charge in [-0.05, 0) is 31.6 Å². The number of nitrogens with one attached hydrogen (secondary N) is 2. The van der Waals surface area contributed by atoms with E-state index in [9.17, 15) is 0 Å². The SMILES string of the molecule is CNc1nc(N2CCCC3CCCCC32)c2cn[nH]c2n1. The standard InChI is InChI=1S/C15H22N6/c1-16-15-18-13-11(9-17-20-13)14(19-15)21-8-4-6-10-5-2-3-7-12(10)21/h9-10,12H,2-8H2,1H3,(H2,16,17,18,19,20). The molecule has 2 atom stereocenters. The molecular weight excluding hydrogens is 264 g/mol. The highest BCUT2D eigenvalue weighted by atomic mass is 15.3. The maximum Gasteiger partial charge on any atom is 0.226 e. The predicted molar refractivity (Wildman–Crippen MR) is 83.6 cm³/mol. The van der Waals surface area contributed by atoms with Gasteiger partial charge in [-0.3, -0.25) is 5.10 Å². The van der Waals surface area contributed by atoms with Crippen molar-refractivity contribution in [2.45, 2.75) is 44.6 Å². The summed E-state index contributed by atoms with van der Waals surface area (Å²) in [4.78, 5) is 11.7. The van der Waals surface area contributed by atoms with Gasteiger partial charge in [-0.1, -0.05) is 12.8 Å². The van der Waals surface area contributed by atoms with Crippen LogP contribution in [0.25, 0.3) is 11.0 Å². The van der Waals surface area contributed by atoms with Gasteiger partial charge in [0, 0.05) is 19.6 Å². The Morgan fingerprint density at radius 1 is 1.19 bits per heavy atom. The number of anilines is 2. The number of aromatic nitrogens is 4. The summed E-state index contributed by atoms with van der Waals surface area (Å²) in [5.74, 6) is 2.55. The lowest BCUT2D eigenvalue weighted by molar-refractivity contribution is 0.243. The third kappa shape index (κ3) is 2.13. The van der Waals surface area contributed by atoms with Crippen LogP contribution in [0.5, 0.6) is 0 Å². The maximum absolute atomic E-state index is 4.75. The molecule has 21 heavy (non-hydrogen) atoms. The molecule has 1 aliphatic carbocycles. The molecule has 6 nitrogen and oxygen atoms in total. The van der Waals surface area contributed by atoms with E-state index in [-0.39, 0.29) is 0 Å². The molecule has 2 fully saturated rings. The van der Waals surface area contributed by atoms with Gasteiger partial charge < -0.3 is 10.2 Å². The molecule has 2 aliphatic rings. The number of fused-ring (bicyclic) bond motifs is 2. The van der Waals surface area contributed by atoms with E-state index >= 15 is 0 Å². The van der Waals surface area contributed by atoms with Crippen LogP contribution in [0.4, 0.5) is 11.8 Å². The van der Waals surface area contributed by atoms with Crippen molar-refractivity contribution in [2.75, 3.05) is 23.8 Å². The minimum atomic E-state index is 0.644. The van der Waals surface area contributed by atoms with Crippen LogP contribution in [0.15, 0.2) is 6.20 Å². The number of piperidine rings is 1. The molecule has 2 unspecified atom stereocenters. The van der Waals surface area contributed by atoms with E-state index in [2.05, 4.69) is 25.4 Å². The maximum atomic E-state index is 4.75. The van der Waals surface area contributed by atoms with E-state index in [0.29, 0.717) is 12.0 Å². The van der Waals surface area contributed by atoms with Crippen molar-refractivity contribution in [2.24, 2.45) is 5.92 Å². The summed E-state index contributed by atoms with van der Waals surface area (Å²) in [6.45, 7) is 1.10. The summed E-state index contributed by atoms with van der Waals surface area (Å²) in [7, 11) is 1.86. The van der Waals surface area contributed by atoms with Gasteiger partial charge in [0.15, 0.2) is 5.65 Å². The second kappa shape index (κ2) is 5.16. The van der Waals surface area contributed by atoms with Crippen molar-refractivity contribution in [3.63, 3.8) is 0 Å². The van der Waals surface area contributed by atoms with Crippen LogP contribution in [0.1, 0.15) is 38.5 Å². The van der Waals surface area contributed by atoms with Gasteiger partial charge in [-0.25, -0.2) is 0 Å². The first-order valence-electron chi connectivity index (χ1n) is 8.02. The number of rotatable bonds is 2. The predicted octanol–water partition coefficient (Wildman–Crippen LogP) is 2.55. The Morgan fingerprint density at radius 2 is 2.05 bits per heavy atom. The summed E-state index contributed by atoms with van der Waals surface area (Å²) in [6, 6.07) is 0.644. The average molecular weight is 286 g/mol. The Morgan fingerprint density at radius 3 is 2.95 bits per heavy atom. The summed E-state index contributed by atoms with van der Waals surface area (Å²) < 4.78 is 0. The van der Waals surface area contributed by atoms with Gasteiger partial charge in [-0.2, -0.15) is 15.1 Å². The highest BCUT2D eigenvalue weighted by Gasteiger charge is 2.34. The largest absolute Gasteiger partial charge is 0.357 e. The van der Waals surface area contributed by atoms with Gasteiger partial charge >= 0.3 is 0 Å². The van der Waals surface area contributed by atoms with Gasteiger partial charge in [0.25, 0.3) is 0 Å². The van der Waals surface area contributed by atoms with E-state index in [0.717, 1.165) is 29.3 Å². The van der Waals surface area contributed by atoms with Gasteiger partial charge in [0.05, 0.1) is 11.6 Å². The van der Waals surface area contributed by atoms with Crippen LogP contribution in [-0.2, 0) is 0 Å². The van der Waals surface area contributed by atoms with Crippen molar-refractivity contribution in [3.8, 4) is 0 Å². The minimum Gasteiger partial charge on any atom is -0.357 e. The molecule has 1 aliphatic heterocycles. The number of aromatic amines is 1. The van der Waals surface area contributed by atoms with E-state index < -0.39 is 0 Å². The fraction of sp³-hybridized carbons (Fsp3) is 0.667. The lowest BCUT2D eigenvalue weighted by Crippen LogP contribution is -2.47.